The highest BCUT2D eigenvalue weighted by atomic mass is 32.1. The molecule has 0 spiro atoms. The van der Waals surface area contributed by atoms with E-state index in [2.05, 4.69) is 0 Å². The van der Waals surface area contributed by atoms with Crippen molar-refractivity contribution in [1.29, 1.82) is 0 Å². The molecular formula is C12H15FOS. The Morgan fingerprint density at radius 1 is 1.73 bits per heavy atom. The molecule has 2 rings (SSSR count). The Balaban J connectivity index is 2.33. The molecule has 1 aliphatic carbocycles. The quantitative estimate of drug-likeness (QED) is 0.720. The van der Waals surface area contributed by atoms with Crippen LogP contribution in [0.5, 0.6) is 0 Å². The van der Waals surface area contributed by atoms with Crippen molar-refractivity contribution in [2.24, 2.45) is 5.41 Å². The zero-order valence-corrected chi connectivity index (χ0v) is 10.1. The summed E-state index contributed by atoms with van der Waals surface area (Å²) in [6, 6.07) is 2.04. The van der Waals surface area contributed by atoms with Gasteiger partial charge in [0.2, 0.25) is 0 Å². The molecule has 2 atom stereocenters. The number of ketones is 1. The Bertz CT molecular complexity index is 410. The highest BCUT2D eigenvalue weighted by Crippen LogP contribution is 2.51. The van der Waals surface area contributed by atoms with E-state index in [9.17, 15) is 9.18 Å². The lowest BCUT2D eigenvalue weighted by Gasteiger charge is -2.06. The molecule has 1 aromatic heterocycles. The van der Waals surface area contributed by atoms with Crippen LogP contribution in [0.25, 0.3) is 0 Å². The molecule has 2 unspecified atom stereocenters. The average Bonchev–Trinajstić information content (AvgIpc) is 2.64. The summed E-state index contributed by atoms with van der Waals surface area (Å²) in [6.45, 7) is 5.75. The molecule has 1 aliphatic rings. The van der Waals surface area contributed by atoms with Gasteiger partial charge in [0.15, 0.2) is 5.78 Å². The number of hydrogen-bond acceptors (Lipinski definition) is 2. The Kier molecular flexibility index (Phi) is 2.45. The number of Topliss-reactive ketones (excluding diaryl/α,β-unsaturated/α-hetero) is 1. The van der Waals surface area contributed by atoms with Crippen LogP contribution in [0.4, 0.5) is 4.39 Å². The Morgan fingerprint density at radius 2 is 2.33 bits per heavy atom. The number of hydrogen-bond donors (Lipinski definition) is 0. The maximum atomic E-state index is 13.1. The topological polar surface area (TPSA) is 17.1 Å². The second-order valence-corrected chi connectivity index (χ2v) is 5.74. The first-order chi connectivity index (χ1) is 6.99. The van der Waals surface area contributed by atoms with Gasteiger partial charge in [-0.3, -0.25) is 4.79 Å². The van der Waals surface area contributed by atoms with Crippen molar-refractivity contribution in [3.63, 3.8) is 0 Å². The molecule has 1 saturated carbocycles. The van der Waals surface area contributed by atoms with E-state index in [0.29, 0.717) is 6.42 Å². The van der Waals surface area contributed by atoms with Crippen molar-refractivity contribution >= 4 is 17.1 Å². The predicted molar refractivity (Wildman–Crippen MR) is 60.4 cm³/mol. The monoisotopic (exact) mass is 226 g/mol. The van der Waals surface area contributed by atoms with Gasteiger partial charge in [-0.15, -0.1) is 11.3 Å². The normalized spacial score (nSPS) is 29.2. The van der Waals surface area contributed by atoms with Gasteiger partial charge in [-0.2, -0.15) is 0 Å². The molecule has 82 valence electrons. The molecule has 0 aliphatic heterocycles. The van der Waals surface area contributed by atoms with Crippen LogP contribution in [0.1, 0.15) is 40.4 Å². The van der Waals surface area contributed by atoms with Crippen LogP contribution in [-0.4, -0.2) is 12.0 Å². The van der Waals surface area contributed by atoms with E-state index in [1.807, 2.05) is 19.9 Å². The fourth-order valence-electron chi connectivity index (χ4n) is 1.83. The van der Waals surface area contributed by atoms with Crippen molar-refractivity contribution in [2.75, 3.05) is 0 Å². The van der Waals surface area contributed by atoms with Crippen LogP contribution in [0.15, 0.2) is 6.07 Å². The molecule has 1 fully saturated rings. The van der Waals surface area contributed by atoms with Gasteiger partial charge in [-0.25, -0.2) is 4.39 Å². The highest BCUT2D eigenvalue weighted by Gasteiger charge is 2.57. The van der Waals surface area contributed by atoms with Crippen LogP contribution in [-0.2, 0) is 6.42 Å². The van der Waals surface area contributed by atoms with E-state index in [0.717, 1.165) is 21.7 Å². The van der Waals surface area contributed by atoms with Crippen LogP contribution >= 0.6 is 11.3 Å². The highest BCUT2D eigenvalue weighted by molar-refractivity contribution is 7.14. The zero-order chi connectivity index (χ0) is 11.2. The summed E-state index contributed by atoms with van der Waals surface area (Å²) in [4.78, 5) is 14.0. The Morgan fingerprint density at radius 3 is 2.80 bits per heavy atom. The third-order valence-corrected chi connectivity index (χ3v) is 4.26. The summed E-state index contributed by atoms with van der Waals surface area (Å²) in [6.07, 6.45) is 0.307. The van der Waals surface area contributed by atoms with Crippen molar-refractivity contribution in [3.8, 4) is 0 Å². The predicted octanol–water partition coefficient (Wildman–Crippen LogP) is 3.55. The summed E-state index contributed by atoms with van der Waals surface area (Å²) < 4.78 is 13.1. The number of carbonyl (C=O) groups excluding carboxylic acids is 1. The number of carbonyl (C=O) groups is 1. The third kappa shape index (κ3) is 1.63. The molecule has 1 nitrogen and oxygen atoms in total. The van der Waals surface area contributed by atoms with Gasteiger partial charge in [0.05, 0.1) is 10.3 Å². The molecule has 1 aromatic rings. The molecule has 3 heteroatoms. The lowest BCUT2D eigenvalue weighted by Crippen LogP contribution is -2.15. The molecule has 0 radical (unpaired) electrons. The van der Waals surface area contributed by atoms with Crippen LogP contribution in [0.2, 0.25) is 0 Å². The first-order valence-electron chi connectivity index (χ1n) is 5.27. The maximum Gasteiger partial charge on any atom is 0.181 e. The Labute approximate surface area is 93.3 Å². The second-order valence-electron chi connectivity index (χ2n) is 4.48. The fraction of sp³-hybridized carbons (Fsp3) is 0.583. The number of aryl methyl sites for hydroxylation is 2. The number of alkyl halides is 1. The Hall–Kier alpha value is -0.700. The molecule has 1 heterocycles. The number of halogens is 1. The van der Waals surface area contributed by atoms with Crippen molar-refractivity contribution in [1.82, 2.24) is 0 Å². The maximum absolute atomic E-state index is 13.1. The first-order valence-corrected chi connectivity index (χ1v) is 6.09. The summed E-state index contributed by atoms with van der Waals surface area (Å²) in [5.41, 5.74) is 0.351. The van der Waals surface area contributed by atoms with Crippen LogP contribution < -0.4 is 0 Å². The van der Waals surface area contributed by atoms with E-state index in [-0.39, 0.29) is 5.78 Å². The van der Waals surface area contributed by atoms with Gasteiger partial charge in [0.25, 0.3) is 0 Å². The van der Waals surface area contributed by atoms with Gasteiger partial charge >= 0.3 is 0 Å². The summed E-state index contributed by atoms with van der Waals surface area (Å²) in [7, 11) is 0. The lowest BCUT2D eigenvalue weighted by molar-refractivity contribution is 0.0897. The van der Waals surface area contributed by atoms with Crippen LogP contribution in [0, 0.1) is 12.3 Å². The van der Waals surface area contributed by atoms with Gasteiger partial charge < -0.3 is 0 Å². The van der Waals surface area contributed by atoms with Crippen LogP contribution in [0.3, 0.4) is 0 Å². The minimum atomic E-state index is -0.933. The fourth-order valence-corrected chi connectivity index (χ4v) is 3.01. The molecule has 0 aromatic carbocycles. The van der Waals surface area contributed by atoms with E-state index in [4.69, 9.17) is 0 Å². The van der Waals surface area contributed by atoms with E-state index < -0.39 is 11.6 Å². The number of rotatable bonds is 3. The van der Waals surface area contributed by atoms with Gasteiger partial charge in [-0.05, 0) is 38.3 Å². The van der Waals surface area contributed by atoms with Crippen molar-refractivity contribution in [2.45, 2.75) is 39.8 Å². The zero-order valence-electron chi connectivity index (χ0n) is 9.26. The van der Waals surface area contributed by atoms with E-state index >= 15 is 0 Å². The summed E-state index contributed by atoms with van der Waals surface area (Å²) in [5.74, 6) is 0.00458. The standard InChI is InChI=1S/C12H15FOS/c1-4-8-5-7(2)15-10(8)11(14)12(3)6-9(12)13/h5,9H,4,6H2,1-3H3. The molecular weight excluding hydrogens is 211 g/mol. The van der Waals surface area contributed by atoms with E-state index in [1.54, 1.807) is 6.92 Å². The summed E-state index contributed by atoms with van der Waals surface area (Å²) >= 11 is 1.50. The van der Waals surface area contributed by atoms with E-state index in [1.165, 1.54) is 11.3 Å². The number of thiophene rings is 1. The lowest BCUT2D eigenvalue weighted by atomic mass is 9.99. The minimum absolute atomic E-state index is 0.00458. The summed E-state index contributed by atoms with van der Waals surface area (Å²) in [5, 5.41) is 0. The molecule has 15 heavy (non-hydrogen) atoms. The molecule has 0 N–H and O–H groups in total. The second kappa shape index (κ2) is 3.41. The third-order valence-electron chi connectivity index (χ3n) is 3.17. The largest absolute Gasteiger partial charge is 0.293 e. The minimum Gasteiger partial charge on any atom is -0.293 e. The molecule has 0 amide bonds. The van der Waals surface area contributed by atoms with Crippen molar-refractivity contribution in [3.05, 3.63) is 21.4 Å². The average molecular weight is 226 g/mol. The SMILES string of the molecule is CCc1cc(C)sc1C(=O)C1(C)CC1F. The smallest absolute Gasteiger partial charge is 0.181 e. The van der Waals surface area contributed by atoms with Gasteiger partial charge in [0, 0.05) is 4.88 Å². The molecule has 0 saturated heterocycles. The van der Waals surface area contributed by atoms with Crippen molar-refractivity contribution < 1.29 is 9.18 Å². The molecule has 0 bridgehead atoms. The van der Waals surface area contributed by atoms with Gasteiger partial charge in [-0.1, -0.05) is 6.92 Å². The van der Waals surface area contributed by atoms with Gasteiger partial charge in [0.1, 0.15) is 6.17 Å². The first kappa shape index (κ1) is 10.8.